The molecule has 1 fully saturated rings. The molecule has 3 heterocycles. The highest BCUT2D eigenvalue weighted by Crippen LogP contribution is 2.28. The molecule has 168 valence electrons. The Morgan fingerprint density at radius 3 is 2.53 bits per heavy atom. The number of nitrogens with zero attached hydrogens (tertiary/aromatic N) is 5. The smallest absolute Gasteiger partial charge is 0.227 e. The normalized spacial score (nSPS) is 16.4. The topological polar surface area (TPSA) is 119 Å². The van der Waals surface area contributed by atoms with Gasteiger partial charge in [0.05, 0.1) is 24.4 Å². The highest BCUT2D eigenvalue weighted by Gasteiger charge is 2.32. The van der Waals surface area contributed by atoms with Crippen molar-refractivity contribution in [3.8, 4) is 0 Å². The van der Waals surface area contributed by atoms with Crippen LogP contribution in [0.1, 0.15) is 31.4 Å². The van der Waals surface area contributed by atoms with Crippen LogP contribution in [0, 0.1) is 5.82 Å². The van der Waals surface area contributed by atoms with Gasteiger partial charge in [-0.25, -0.2) is 9.37 Å². The molecule has 0 radical (unpaired) electrons. The molecule has 1 aromatic carbocycles. The monoisotopic (exact) mass is 439 g/mol. The Balaban J connectivity index is 1.59. The Labute approximate surface area is 185 Å². The first-order valence-electron chi connectivity index (χ1n) is 10.5. The summed E-state index contributed by atoms with van der Waals surface area (Å²) >= 11 is 0. The van der Waals surface area contributed by atoms with Crippen LogP contribution in [0.25, 0.3) is 0 Å². The van der Waals surface area contributed by atoms with Crippen LogP contribution in [0.15, 0.2) is 48.9 Å². The lowest BCUT2D eigenvalue weighted by molar-refractivity contribution is -0.0326. The molecule has 2 aromatic heterocycles. The fourth-order valence-corrected chi connectivity index (χ4v) is 3.56. The molecule has 10 heteroatoms. The molecule has 0 saturated carbocycles. The molecule has 3 aromatic rings. The van der Waals surface area contributed by atoms with Crippen molar-refractivity contribution >= 4 is 23.4 Å². The summed E-state index contributed by atoms with van der Waals surface area (Å²) < 4.78 is 13.3. The average Bonchev–Trinajstić information content (AvgIpc) is 2.80. The van der Waals surface area contributed by atoms with Gasteiger partial charge in [-0.05, 0) is 37.5 Å². The minimum Gasteiger partial charge on any atom is -0.393 e. The fraction of sp³-hybridized carbons (Fsp3) is 0.364. The number of halogens is 1. The lowest BCUT2D eigenvalue weighted by Crippen LogP contribution is -2.47. The van der Waals surface area contributed by atoms with Gasteiger partial charge < -0.3 is 25.7 Å². The van der Waals surface area contributed by atoms with Crippen LogP contribution in [-0.2, 0) is 0 Å². The second kappa shape index (κ2) is 9.41. The van der Waals surface area contributed by atoms with E-state index in [0.717, 1.165) is 5.56 Å². The summed E-state index contributed by atoms with van der Waals surface area (Å²) in [6.45, 7) is 2.78. The number of benzene rings is 1. The predicted molar refractivity (Wildman–Crippen MR) is 119 cm³/mol. The van der Waals surface area contributed by atoms with Crippen LogP contribution in [0.5, 0.6) is 0 Å². The third-order valence-corrected chi connectivity index (χ3v) is 5.56. The lowest BCUT2D eigenvalue weighted by atomic mass is 9.92. The molecule has 1 aliphatic heterocycles. The minimum atomic E-state index is -1.05. The molecule has 0 unspecified atom stereocenters. The standard InChI is InChI=1S/C22H26FN7O2/c1-15(16-2-4-17(23)5-3-16)26-21-28-18(27-19-13-24-8-9-25-19)12-20(29-21)30-10-6-22(32,14-31)7-11-30/h2-5,8-9,12-13,15,31-32H,6-7,10-11,14H2,1H3,(H2,25,26,27,28,29)/t15-/m0/s1. The largest absolute Gasteiger partial charge is 0.393 e. The number of hydrogen-bond donors (Lipinski definition) is 4. The zero-order valence-electron chi connectivity index (χ0n) is 17.7. The minimum absolute atomic E-state index is 0.156. The van der Waals surface area contributed by atoms with Gasteiger partial charge >= 0.3 is 0 Å². The van der Waals surface area contributed by atoms with E-state index >= 15 is 0 Å². The number of anilines is 4. The maximum absolute atomic E-state index is 13.3. The van der Waals surface area contributed by atoms with Crippen molar-refractivity contribution in [2.75, 3.05) is 35.2 Å². The molecule has 1 aliphatic rings. The number of aliphatic hydroxyl groups excluding tert-OH is 1. The molecule has 0 spiro atoms. The summed E-state index contributed by atoms with van der Waals surface area (Å²) in [5.41, 5.74) is -0.155. The molecule has 0 bridgehead atoms. The zero-order valence-corrected chi connectivity index (χ0v) is 17.7. The predicted octanol–water partition coefficient (Wildman–Crippen LogP) is 2.65. The number of nitrogens with one attached hydrogen (secondary N) is 2. The van der Waals surface area contributed by atoms with E-state index in [0.29, 0.717) is 49.3 Å². The van der Waals surface area contributed by atoms with Crippen LogP contribution in [0.3, 0.4) is 0 Å². The van der Waals surface area contributed by atoms with Crippen molar-refractivity contribution in [1.29, 1.82) is 0 Å². The Morgan fingerprint density at radius 2 is 1.88 bits per heavy atom. The number of hydrogen-bond acceptors (Lipinski definition) is 9. The van der Waals surface area contributed by atoms with Crippen molar-refractivity contribution in [3.63, 3.8) is 0 Å². The van der Waals surface area contributed by atoms with E-state index in [-0.39, 0.29) is 18.5 Å². The Bertz CT molecular complexity index is 1030. The first-order chi connectivity index (χ1) is 15.4. The maximum atomic E-state index is 13.3. The second-order valence-electron chi connectivity index (χ2n) is 7.94. The van der Waals surface area contributed by atoms with Crippen molar-refractivity contribution < 1.29 is 14.6 Å². The third kappa shape index (κ3) is 5.27. The molecule has 0 aliphatic carbocycles. The van der Waals surface area contributed by atoms with E-state index in [1.165, 1.54) is 12.1 Å². The Morgan fingerprint density at radius 1 is 1.12 bits per heavy atom. The molecular weight excluding hydrogens is 413 g/mol. The van der Waals surface area contributed by atoms with Crippen molar-refractivity contribution in [3.05, 3.63) is 60.3 Å². The number of aromatic nitrogens is 4. The number of piperidine rings is 1. The summed E-state index contributed by atoms with van der Waals surface area (Å²) in [5, 5.41) is 26.2. The zero-order chi connectivity index (χ0) is 22.6. The molecule has 1 atom stereocenters. The molecule has 4 N–H and O–H groups in total. The first-order valence-corrected chi connectivity index (χ1v) is 10.5. The molecular formula is C22H26FN7O2. The van der Waals surface area contributed by atoms with Gasteiger partial charge in [-0.15, -0.1) is 0 Å². The first kappa shape index (κ1) is 21.8. The second-order valence-corrected chi connectivity index (χ2v) is 7.94. The van der Waals surface area contributed by atoms with Gasteiger partial charge in [0.2, 0.25) is 5.95 Å². The van der Waals surface area contributed by atoms with Gasteiger partial charge in [0.1, 0.15) is 23.3 Å². The van der Waals surface area contributed by atoms with Gasteiger partial charge in [-0.3, -0.25) is 4.98 Å². The highest BCUT2D eigenvalue weighted by molar-refractivity contribution is 5.59. The van der Waals surface area contributed by atoms with Gasteiger partial charge in [0.15, 0.2) is 0 Å². The van der Waals surface area contributed by atoms with E-state index in [1.54, 1.807) is 30.7 Å². The summed E-state index contributed by atoms with van der Waals surface area (Å²) in [7, 11) is 0. The van der Waals surface area contributed by atoms with Crippen LogP contribution < -0.4 is 15.5 Å². The van der Waals surface area contributed by atoms with Crippen LogP contribution in [0.4, 0.5) is 27.8 Å². The quantitative estimate of drug-likeness (QED) is 0.440. The fourth-order valence-electron chi connectivity index (χ4n) is 3.56. The van der Waals surface area contributed by atoms with E-state index < -0.39 is 5.60 Å². The van der Waals surface area contributed by atoms with Crippen LogP contribution >= 0.6 is 0 Å². The lowest BCUT2D eigenvalue weighted by Gasteiger charge is -2.37. The summed E-state index contributed by atoms with van der Waals surface area (Å²) in [6.07, 6.45) is 5.65. The summed E-state index contributed by atoms with van der Waals surface area (Å²) in [4.78, 5) is 19.6. The van der Waals surface area contributed by atoms with E-state index in [1.807, 2.05) is 17.9 Å². The van der Waals surface area contributed by atoms with Crippen molar-refractivity contribution in [2.24, 2.45) is 0 Å². The van der Waals surface area contributed by atoms with E-state index in [2.05, 4.69) is 30.6 Å². The van der Waals surface area contributed by atoms with Crippen molar-refractivity contribution in [1.82, 2.24) is 19.9 Å². The summed E-state index contributed by atoms with van der Waals surface area (Å²) in [6, 6.07) is 7.93. The van der Waals surface area contributed by atoms with Gasteiger partial charge in [-0.1, -0.05) is 12.1 Å². The molecule has 0 amide bonds. The average molecular weight is 439 g/mol. The molecule has 4 rings (SSSR count). The number of aliphatic hydroxyl groups is 2. The Hall–Kier alpha value is -3.37. The van der Waals surface area contributed by atoms with Crippen LogP contribution in [-0.4, -0.2) is 55.4 Å². The van der Waals surface area contributed by atoms with E-state index in [4.69, 9.17) is 0 Å². The SMILES string of the molecule is C[C@H](Nc1nc(Nc2cnccn2)cc(N2CCC(O)(CO)CC2)n1)c1ccc(F)cc1. The molecule has 9 nitrogen and oxygen atoms in total. The highest BCUT2D eigenvalue weighted by atomic mass is 19.1. The maximum Gasteiger partial charge on any atom is 0.227 e. The van der Waals surface area contributed by atoms with Crippen molar-refractivity contribution in [2.45, 2.75) is 31.4 Å². The molecule has 32 heavy (non-hydrogen) atoms. The van der Waals surface area contributed by atoms with Gasteiger partial charge in [-0.2, -0.15) is 9.97 Å². The van der Waals surface area contributed by atoms with Crippen LogP contribution in [0.2, 0.25) is 0 Å². The summed E-state index contributed by atoms with van der Waals surface area (Å²) in [5.74, 6) is 1.87. The Kier molecular flexibility index (Phi) is 6.42. The van der Waals surface area contributed by atoms with Gasteiger partial charge in [0, 0.05) is 31.5 Å². The third-order valence-electron chi connectivity index (χ3n) is 5.56. The number of rotatable bonds is 7. The van der Waals surface area contributed by atoms with Gasteiger partial charge in [0.25, 0.3) is 0 Å². The van der Waals surface area contributed by atoms with E-state index in [9.17, 15) is 14.6 Å². The molecule has 1 saturated heterocycles.